The molecule has 0 aliphatic carbocycles. The molecule has 1 aromatic rings. The second-order valence-corrected chi connectivity index (χ2v) is 8.22. The van der Waals surface area contributed by atoms with Crippen LogP contribution in [-0.4, -0.2) is 47.7 Å². The number of benzene rings is 1. The van der Waals surface area contributed by atoms with E-state index in [-0.39, 0.29) is 11.3 Å². The molecule has 0 spiro atoms. The molecule has 0 radical (unpaired) electrons. The smallest absolute Gasteiger partial charge is 0.337 e. The van der Waals surface area contributed by atoms with Gasteiger partial charge in [-0.3, -0.25) is 4.72 Å². The standard InChI is InChI=1S/C11H15NO6S2/c1-18-11(13)9-3-5-10(6-4-9)12-20(16,17)8-7-19(2,14)15/h3-6,12H,7-8H2,1-2H3. The van der Waals surface area contributed by atoms with Gasteiger partial charge in [0, 0.05) is 11.9 Å². The first-order valence-corrected chi connectivity index (χ1v) is 9.21. The minimum absolute atomic E-state index is 0.242. The molecule has 1 rings (SSSR count). The van der Waals surface area contributed by atoms with Gasteiger partial charge in [-0.15, -0.1) is 0 Å². The summed E-state index contributed by atoms with van der Waals surface area (Å²) in [6.45, 7) is 0. The summed E-state index contributed by atoms with van der Waals surface area (Å²) in [4.78, 5) is 11.2. The molecule has 0 saturated heterocycles. The number of esters is 1. The van der Waals surface area contributed by atoms with Crippen LogP contribution in [0.25, 0.3) is 0 Å². The van der Waals surface area contributed by atoms with Gasteiger partial charge in [0.05, 0.1) is 24.2 Å². The molecule has 0 unspecified atom stereocenters. The summed E-state index contributed by atoms with van der Waals surface area (Å²) in [5.74, 6) is -1.51. The van der Waals surface area contributed by atoms with Crippen molar-refractivity contribution < 1.29 is 26.4 Å². The highest BCUT2D eigenvalue weighted by Gasteiger charge is 2.15. The molecule has 1 N–H and O–H groups in total. The fourth-order valence-corrected chi connectivity index (χ4v) is 3.97. The molecular formula is C11H15NO6S2. The van der Waals surface area contributed by atoms with Crippen molar-refractivity contribution in [3.8, 4) is 0 Å². The van der Waals surface area contributed by atoms with Crippen molar-refractivity contribution in [1.82, 2.24) is 0 Å². The van der Waals surface area contributed by atoms with Gasteiger partial charge in [-0.25, -0.2) is 21.6 Å². The Labute approximate surface area is 117 Å². The lowest BCUT2D eigenvalue weighted by atomic mass is 10.2. The van der Waals surface area contributed by atoms with Gasteiger partial charge < -0.3 is 4.74 Å². The van der Waals surface area contributed by atoms with Crippen LogP contribution in [0.1, 0.15) is 10.4 Å². The molecule has 0 bridgehead atoms. The van der Waals surface area contributed by atoms with Crippen LogP contribution in [0.3, 0.4) is 0 Å². The summed E-state index contributed by atoms with van der Waals surface area (Å²) in [6.07, 6.45) is 0.966. The van der Waals surface area contributed by atoms with E-state index >= 15 is 0 Å². The average Bonchev–Trinajstić information content (AvgIpc) is 2.35. The molecule has 7 nitrogen and oxygen atoms in total. The van der Waals surface area contributed by atoms with Crippen LogP contribution < -0.4 is 4.72 Å². The maximum absolute atomic E-state index is 11.7. The van der Waals surface area contributed by atoms with Crippen molar-refractivity contribution in [1.29, 1.82) is 0 Å². The molecule has 0 fully saturated rings. The first kappa shape index (κ1) is 16.4. The number of nitrogens with one attached hydrogen (secondary N) is 1. The predicted molar refractivity (Wildman–Crippen MR) is 74.9 cm³/mol. The number of hydrogen-bond donors (Lipinski definition) is 1. The molecule has 0 saturated carbocycles. The highest BCUT2D eigenvalue weighted by atomic mass is 32.2. The van der Waals surface area contributed by atoms with Gasteiger partial charge in [-0.1, -0.05) is 0 Å². The zero-order chi connectivity index (χ0) is 15.4. The number of ether oxygens (including phenoxy) is 1. The molecule has 0 aromatic heterocycles. The number of anilines is 1. The number of rotatable bonds is 6. The molecule has 0 heterocycles. The Hall–Kier alpha value is -1.61. The quantitative estimate of drug-likeness (QED) is 0.753. The normalized spacial score (nSPS) is 11.9. The molecule has 9 heteroatoms. The van der Waals surface area contributed by atoms with Crippen molar-refractivity contribution in [2.24, 2.45) is 0 Å². The molecule has 112 valence electrons. The number of hydrogen-bond acceptors (Lipinski definition) is 6. The summed E-state index contributed by atoms with van der Waals surface area (Å²) in [5.41, 5.74) is 0.526. The van der Waals surface area contributed by atoms with Crippen molar-refractivity contribution in [3.63, 3.8) is 0 Å². The van der Waals surface area contributed by atoms with Crippen LogP contribution in [0.15, 0.2) is 24.3 Å². The third-order valence-corrected chi connectivity index (χ3v) is 4.79. The molecule has 0 amide bonds. The predicted octanol–water partition coefficient (Wildman–Crippen LogP) is 0.260. The summed E-state index contributed by atoms with van der Waals surface area (Å²) in [5, 5.41) is 0. The summed E-state index contributed by atoms with van der Waals surface area (Å²) in [7, 11) is -5.86. The Morgan fingerprint density at radius 2 is 1.65 bits per heavy atom. The number of methoxy groups -OCH3 is 1. The summed E-state index contributed by atoms with van der Waals surface area (Å²) >= 11 is 0. The zero-order valence-corrected chi connectivity index (χ0v) is 12.6. The number of carbonyl (C=O) groups excluding carboxylic acids is 1. The van der Waals surface area contributed by atoms with Crippen LogP contribution in [-0.2, 0) is 24.6 Å². The lowest BCUT2D eigenvalue weighted by Gasteiger charge is -2.08. The second-order valence-electron chi connectivity index (χ2n) is 4.12. The molecule has 0 aliphatic heterocycles. The third kappa shape index (κ3) is 5.57. The number of carbonyl (C=O) groups is 1. The third-order valence-electron chi connectivity index (χ3n) is 2.30. The highest BCUT2D eigenvalue weighted by molar-refractivity contribution is 7.95. The monoisotopic (exact) mass is 321 g/mol. The maximum Gasteiger partial charge on any atom is 0.337 e. The van der Waals surface area contributed by atoms with Crippen LogP contribution in [0.4, 0.5) is 5.69 Å². The van der Waals surface area contributed by atoms with Gasteiger partial charge in [0.1, 0.15) is 9.84 Å². The number of sulfone groups is 1. The minimum Gasteiger partial charge on any atom is -0.465 e. The van der Waals surface area contributed by atoms with Gasteiger partial charge in [0.15, 0.2) is 0 Å². The molecule has 0 aliphatic rings. The zero-order valence-electron chi connectivity index (χ0n) is 11.0. The molecule has 1 aromatic carbocycles. The molecule has 0 atom stereocenters. The van der Waals surface area contributed by atoms with Gasteiger partial charge in [0.2, 0.25) is 10.0 Å². The number of sulfonamides is 1. The lowest BCUT2D eigenvalue weighted by Crippen LogP contribution is -2.22. The van der Waals surface area contributed by atoms with E-state index in [4.69, 9.17) is 0 Å². The van der Waals surface area contributed by atoms with Gasteiger partial charge in [-0.05, 0) is 24.3 Å². The van der Waals surface area contributed by atoms with Crippen molar-refractivity contribution in [3.05, 3.63) is 29.8 Å². The Morgan fingerprint density at radius 1 is 1.10 bits per heavy atom. The van der Waals surface area contributed by atoms with E-state index in [1.54, 1.807) is 0 Å². The Bertz CT molecular complexity index is 676. The first-order valence-electron chi connectivity index (χ1n) is 5.49. The van der Waals surface area contributed by atoms with E-state index in [1.165, 1.54) is 31.4 Å². The second kappa shape index (κ2) is 6.23. The van der Waals surface area contributed by atoms with Crippen molar-refractivity contribution >= 4 is 31.5 Å². The topological polar surface area (TPSA) is 107 Å². The molecular weight excluding hydrogens is 306 g/mol. The maximum atomic E-state index is 11.7. The van der Waals surface area contributed by atoms with Crippen molar-refractivity contribution in [2.75, 3.05) is 29.6 Å². The average molecular weight is 321 g/mol. The van der Waals surface area contributed by atoms with Gasteiger partial charge in [-0.2, -0.15) is 0 Å². The van der Waals surface area contributed by atoms with E-state index in [2.05, 4.69) is 9.46 Å². The van der Waals surface area contributed by atoms with Gasteiger partial charge in [0.25, 0.3) is 0 Å². The van der Waals surface area contributed by atoms with Crippen LogP contribution in [0.2, 0.25) is 0 Å². The lowest BCUT2D eigenvalue weighted by molar-refractivity contribution is 0.0600. The van der Waals surface area contributed by atoms with Gasteiger partial charge >= 0.3 is 5.97 Å². The summed E-state index contributed by atoms with van der Waals surface area (Å²) < 4.78 is 51.9. The van der Waals surface area contributed by atoms with E-state index < -0.39 is 37.3 Å². The minimum atomic E-state index is -3.75. The van der Waals surface area contributed by atoms with E-state index in [0.717, 1.165) is 6.26 Å². The fraction of sp³-hybridized carbons (Fsp3) is 0.364. The first-order chi connectivity index (χ1) is 9.13. The summed E-state index contributed by atoms with van der Waals surface area (Å²) in [6, 6.07) is 5.59. The van der Waals surface area contributed by atoms with Crippen molar-refractivity contribution in [2.45, 2.75) is 0 Å². The van der Waals surface area contributed by atoms with Crippen LogP contribution in [0.5, 0.6) is 0 Å². The Kier molecular flexibility index (Phi) is 5.12. The molecule has 20 heavy (non-hydrogen) atoms. The highest BCUT2D eigenvalue weighted by Crippen LogP contribution is 2.12. The SMILES string of the molecule is COC(=O)c1ccc(NS(=O)(=O)CCS(C)(=O)=O)cc1. The van der Waals surface area contributed by atoms with E-state index in [9.17, 15) is 21.6 Å². The Balaban J connectivity index is 2.75. The Morgan fingerprint density at radius 3 is 2.10 bits per heavy atom. The van der Waals surface area contributed by atoms with E-state index in [0.29, 0.717) is 0 Å². The van der Waals surface area contributed by atoms with E-state index in [1.807, 2.05) is 0 Å². The largest absolute Gasteiger partial charge is 0.465 e. The van der Waals surface area contributed by atoms with Crippen LogP contribution in [0, 0.1) is 0 Å². The van der Waals surface area contributed by atoms with Crippen LogP contribution >= 0.6 is 0 Å². The fourth-order valence-electron chi connectivity index (χ4n) is 1.28.